The molecule has 28 heavy (non-hydrogen) atoms. The normalized spacial score (nSPS) is 17.9. The Morgan fingerprint density at radius 1 is 1.25 bits per heavy atom. The highest BCUT2D eigenvalue weighted by Crippen LogP contribution is 2.22. The van der Waals surface area contributed by atoms with Crippen LogP contribution < -0.4 is 0 Å². The summed E-state index contributed by atoms with van der Waals surface area (Å²) in [5, 5.41) is 17.3. The van der Waals surface area contributed by atoms with Crippen LogP contribution in [-0.4, -0.2) is 69.2 Å². The lowest BCUT2D eigenvalue weighted by Gasteiger charge is -2.23. The lowest BCUT2D eigenvalue weighted by atomic mass is 10.0. The largest absolute Gasteiger partial charge is 0.389 e. The van der Waals surface area contributed by atoms with Gasteiger partial charge in [-0.15, -0.1) is 0 Å². The van der Waals surface area contributed by atoms with Crippen LogP contribution in [0.5, 0.6) is 0 Å². The fraction of sp³-hybridized carbons (Fsp3) is 0.476. The van der Waals surface area contributed by atoms with Crippen molar-refractivity contribution in [2.45, 2.75) is 33.8 Å². The molecule has 2 N–H and O–H groups in total. The van der Waals surface area contributed by atoms with Gasteiger partial charge < -0.3 is 14.9 Å². The van der Waals surface area contributed by atoms with E-state index in [1.54, 1.807) is 11.0 Å². The van der Waals surface area contributed by atoms with Crippen molar-refractivity contribution in [3.63, 3.8) is 0 Å². The highest BCUT2D eigenvalue weighted by atomic mass is 16.3. The first-order valence-corrected chi connectivity index (χ1v) is 9.62. The molecule has 150 valence electrons. The standard InChI is InChI=1S/C21H28N4O3/c1-13(2)9-24-10-17(26)11-25(12-20(24)27)21(28)19-8-18(22-23-19)16-6-5-14(3)15(4)7-16/h5-8,13,17,26H,9-12H2,1-4H3,(H,22,23). The molecule has 1 aliphatic heterocycles. The third kappa shape index (κ3) is 4.42. The smallest absolute Gasteiger partial charge is 0.272 e. The predicted molar refractivity (Wildman–Crippen MR) is 107 cm³/mol. The highest BCUT2D eigenvalue weighted by molar-refractivity contribution is 5.96. The molecule has 1 aromatic carbocycles. The molecule has 1 atom stereocenters. The number of nitrogens with one attached hydrogen (secondary N) is 1. The second-order valence-corrected chi connectivity index (χ2v) is 8.00. The van der Waals surface area contributed by atoms with Crippen molar-refractivity contribution < 1.29 is 14.7 Å². The number of aromatic amines is 1. The van der Waals surface area contributed by atoms with E-state index in [4.69, 9.17) is 0 Å². The van der Waals surface area contributed by atoms with Crippen LogP contribution in [0.1, 0.15) is 35.5 Å². The summed E-state index contributed by atoms with van der Waals surface area (Å²) in [7, 11) is 0. The number of aliphatic hydroxyl groups excluding tert-OH is 1. The zero-order chi connectivity index (χ0) is 20.4. The Morgan fingerprint density at radius 2 is 2.00 bits per heavy atom. The minimum atomic E-state index is -0.767. The summed E-state index contributed by atoms with van der Waals surface area (Å²) >= 11 is 0. The van der Waals surface area contributed by atoms with Gasteiger partial charge in [0.05, 0.1) is 11.8 Å². The minimum Gasteiger partial charge on any atom is -0.389 e. The zero-order valence-corrected chi connectivity index (χ0v) is 16.9. The first-order chi connectivity index (χ1) is 13.2. The van der Waals surface area contributed by atoms with Crippen LogP contribution in [-0.2, 0) is 4.79 Å². The van der Waals surface area contributed by atoms with Gasteiger partial charge in [0.15, 0.2) is 0 Å². The molecule has 1 aromatic heterocycles. The van der Waals surface area contributed by atoms with Gasteiger partial charge in [0, 0.05) is 25.2 Å². The van der Waals surface area contributed by atoms with Gasteiger partial charge in [-0.3, -0.25) is 14.7 Å². The van der Waals surface area contributed by atoms with E-state index in [2.05, 4.69) is 10.2 Å². The Bertz CT molecular complexity index is 874. The molecule has 2 aromatic rings. The average Bonchev–Trinajstić information content (AvgIpc) is 3.06. The van der Waals surface area contributed by atoms with E-state index in [0.717, 1.165) is 11.1 Å². The molecule has 7 nitrogen and oxygen atoms in total. The van der Waals surface area contributed by atoms with E-state index in [1.165, 1.54) is 10.5 Å². The van der Waals surface area contributed by atoms with Crippen LogP contribution in [0.2, 0.25) is 0 Å². The number of carbonyl (C=O) groups excluding carboxylic acids is 2. The third-order valence-electron chi connectivity index (χ3n) is 5.02. The molecule has 1 saturated heterocycles. The zero-order valence-electron chi connectivity index (χ0n) is 16.9. The van der Waals surface area contributed by atoms with Crippen molar-refractivity contribution in [3.05, 3.63) is 41.1 Å². The number of rotatable bonds is 4. The lowest BCUT2D eigenvalue weighted by molar-refractivity contribution is -0.131. The van der Waals surface area contributed by atoms with Crippen molar-refractivity contribution in [2.24, 2.45) is 5.92 Å². The second-order valence-electron chi connectivity index (χ2n) is 8.00. The first kappa shape index (κ1) is 20.1. The molecule has 0 aliphatic carbocycles. The Balaban J connectivity index is 1.77. The molecule has 2 heterocycles. The summed E-state index contributed by atoms with van der Waals surface area (Å²) in [5.41, 5.74) is 4.26. The number of hydrogen-bond donors (Lipinski definition) is 2. The summed E-state index contributed by atoms with van der Waals surface area (Å²) in [4.78, 5) is 28.5. The van der Waals surface area contributed by atoms with Gasteiger partial charge in [0.1, 0.15) is 12.2 Å². The maximum Gasteiger partial charge on any atom is 0.272 e. The minimum absolute atomic E-state index is 0.0411. The average molecular weight is 384 g/mol. The second kappa shape index (κ2) is 8.14. The van der Waals surface area contributed by atoms with Gasteiger partial charge >= 0.3 is 0 Å². The number of nitrogens with zero attached hydrogens (tertiary/aromatic N) is 3. The van der Waals surface area contributed by atoms with Crippen LogP contribution in [0.25, 0.3) is 11.3 Å². The van der Waals surface area contributed by atoms with Crippen LogP contribution >= 0.6 is 0 Å². The van der Waals surface area contributed by atoms with Crippen LogP contribution in [0.4, 0.5) is 0 Å². The number of amides is 2. The number of aliphatic hydroxyl groups is 1. The molecule has 3 rings (SSSR count). The molecular weight excluding hydrogens is 356 g/mol. The van der Waals surface area contributed by atoms with Gasteiger partial charge in [-0.2, -0.15) is 5.10 Å². The predicted octanol–water partition coefficient (Wildman–Crippen LogP) is 1.99. The van der Waals surface area contributed by atoms with Crippen LogP contribution in [0, 0.1) is 19.8 Å². The molecular formula is C21H28N4O3. The quantitative estimate of drug-likeness (QED) is 0.844. The topological polar surface area (TPSA) is 89.5 Å². The Hall–Kier alpha value is -2.67. The number of H-pyrrole nitrogens is 1. The fourth-order valence-electron chi connectivity index (χ4n) is 3.42. The lowest BCUT2D eigenvalue weighted by Crippen LogP contribution is -2.40. The van der Waals surface area contributed by atoms with E-state index < -0.39 is 6.10 Å². The Kier molecular flexibility index (Phi) is 5.84. The summed E-state index contributed by atoms with van der Waals surface area (Å²) in [5.74, 6) is -0.180. The van der Waals surface area contributed by atoms with Crippen LogP contribution in [0.3, 0.4) is 0 Å². The number of hydrogen-bond acceptors (Lipinski definition) is 4. The summed E-state index contributed by atoms with van der Waals surface area (Å²) < 4.78 is 0. The third-order valence-corrected chi connectivity index (χ3v) is 5.02. The fourth-order valence-corrected chi connectivity index (χ4v) is 3.42. The molecule has 2 amide bonds. The molecule has 0 spiro atoms. The maximum absolute atomic E-state index is 12.9. The molecule has 0 bridgehead atoms. The van der Waals surface area contributed by atoms with Gasteiger partial charge in [-0.1, -0.05) is 26.0 Å². The summed E-state index contributed by atoms with van der Waals surface area (Å²) in [6.45, 7) is 9.01. The number of β-amino-alcohol motifs (C(OH)–C–C–N with tert-alkyl or cyclic N) is 1. The van der Waals surface area contributed by atoms with E-state index in [-0.39, 0.29) is 31.4 Å². The molecule has 0 saturated carbocycles. The number of aromatic nitrogens is 2. The molecule has 1 fully saturated rings. The van der Waals surface area contributed by atoms with Gasteiger partial charge in [0.25, 0.3) is 5.91 Å². The van der Waals surface area contributed by atoms with Crippen molar-refractivity contribution in [3.8, 4) is 11.3 Å². The number of aryl methyl sites for hydroxylation is 2. The van der Waals surface area contributed by atoms with E-state index in [1.807, 2.05) is 45.9 Å². The molecule has 1 aliphatic rings. The number of benzene rings is 1. The van der Waals surface area contributed by atoms with E-state index in [9.17, 15) is 14.7 Å². The van der Waals surface area contributed by atoms with Gasteiger partial charge in [-0.25, -0.2) is 0 Å². The Morgan fingerprint density at radius 3 is 2.68 bits per heavy atom. The molecule has 7 heteroatoms. The molecule has 1 unspecified atom stereocenters. The number of carbonyl (C=O) groups is 2. The first-order valence-electron chi connectivity index (χ1n) is 9.62. The van der Waals surface area contributed by atoms with E-state index >= 15 is 0 Å². The molecule has 0 radical (unpaired) electrons. The highest BCUT2D eigenvalue weighted by Gasteiger charge is 2.30. The van der Waals surface area contributed by atoms with Gasteiger partial charge in [0.2, 0.25) is 5.91 Å². The summed E-state index contributed by atoms with van der Waals surface area (Å²) in [6, 6.07) is 7.71. The van der Waals surface area contributed by atoms with Crippen molar-refractivity contribution in [1.82, 2.24) is 20.0 Å². The van der Waals surface area contributed by atoms with Gasteiger partial charge in [-0.05, 0) is 43.0 Å². The van der Waals surface area contributed by atoms with Crippen LogP contribution in [0.15, 0.2) is 24.3 Å². The monoisotopic (exact) mass is 384 g/mol. The SMILES string of the molecule is Cc1ccc(-c2cc(C(=O)N3CC(=O)N(CC(C)C)CC(O)C3)[nH]n2)cc1C. The summed E-state index contributed by atoms with van der Waals surface area (Å²) in [6.07, 6.45) is -0.767. The van der Waals surface area contributed by atoms with Crippen molar-refractivity contribution in [1.29, 1.82) is 0 Å². The van der Waals surface area contributed by atoms with Crippen molar-refractivity contribution in [2.75, 3.05) is 26.2 Å². The maximum atomic E-state index is 12.9. The van der Waals surface area contributed by atoms with E-state index in [0.29, 0.717) is 23.9 Å². The Labute approximate surface area is 165 Å². The van der Waals surface area contributed by atoms with Crippen molar-refractivity contribution >= 4 is 11.8 Å².